The second-order valence-corrected chi connectivity index (χ2v) is 5.14. The Labute approximate surface area is 127 Å². The number of hydrogen-bond donors (Lipinski definition) is 2. The number of carbonyl (C=O) groups excluding carboxylic acids is 1. The lowest BCUT2D eigenvalue weighted by Gasteiger charge is -2.18. The molecule has 20 heavy (non-hydrogen) atoms. The van der Waals surface area contributed by atoms with Gasteiger partial charge in [-0.2, -0.15) is 0 Å². The van der Waals surface area contributed by atoms with Gasteiger partial charge in [0.15, 0.2) is 0 Å². The first-order valence-corrected chi connectivity index (χ1v) is 6.99. The Morgan fingerprint density at radius 2 is 2.00 bits per heavy atom. The van der Waals surface area contributed by atoms with E-state index in [1.807, 2.05) is 0 Å². The molecule has 5 heteroatoms. The first-order valence-electron chi connectivity index (χ1n) is 6.99. The summed E-state index contributed by atoms with van der Waals surface area (Å²) in [6.07, 6.45) is 1.12. The quantitative estimate of drug-likeness (QED) is 0.881. The van der Waals surface area contributed by atoms with Crippen LogP contribution in [0, 0.1) is 6.92 Å². The van der Waals surface area contributed by atoms with Crippen LogP contribution in [0.1, 0.15) is 17.5 Å². The van der Waals surface area contributed by atoms with E-state index in [9.17, 15) is 4.79 Å². The van der Waals surface area contributed by atoms with Crippen molar-refractivity contribution in [2.45, 2.75) is 19.9 Å². The molecule has 1 heterocycles. The molecule has 1 aromatic carbocycles. The maximum atomic E-state index is 11.9. The summed E-state index contributed by atoms with van der Waals surface area (Å²) < 4.78 is 0. The number of nitrogens with zero attached hydrogens (tertiary/aromatic N) is 1. The van der Waals surface area contributed by atoms with Crippen LogP contribution in [0.2, 0.25) is 0 Å². The normalized spacial score (nSPS) is 16.1. The summed E-state index contributed by atoms with van der Waals surface area (Å²) >= 11 is 0. The fourth-order valence-electron chi connectivity index (χ4n) is 2.23. The smallest absolute Gasteiger partial charge is 0.234 e. The standard InChI is InChI=1S/C15H23N3O.ClH/c1-13-3-5-14(6-4-13)11-17-15(19)12-18-9-2-7-16-8-10-18;/h3-6,16H,2,7-12H2,1H3,(H,17,19);1H. The number of rotatable bonds is 4. The molecular weight excluding hydrogens is 274 g/mol. The van der Waals surface area contributed by atoms with Crippen LogP contribution in [0.25, 0.3) is 0 Å². The van der Waals surface area contributed by atoms with Crippen molar-refractivity contribution in [2.75, 3.05) is 32.7 Å². The minimum Gasteiger partial charge on any atom is -0.351 e. The van der Waals surface area contributed by atoms with Crippen LogP contribution in [0.5, 0.6) is 0 Å². The van der Waals surface area contributed by atoms with E-state index in [-0.39, 0.29) is 18.3 Å². The maximum Gasteiger partial charge on any atom is 0.234 e. The molecule has 2 rings (SSSR count). The van der Waals surface area contributed by atoms with Gasteiger partial charge in [0.2, 0.25) is 5.91 Å². The number of nitrogens with one attached hydrogen (secondary N) is 2. The van der Waals surface area contributed by atoms with E-state index in [1.54, 1.807) is 0 Å². The molecule has 0 spiro atoms. The first kappa shape index (κ1) is 17.0. The Kier molecular flexibility index (Phi) is 7.59. The van der Waals surface area contributed by atoms with Crippen molar-refractivity contribution in [1.29, 1.82) is 0 Å². The summed E-state index contributed by atoms with van der Waals surface area (Å²) in [5.41, 5.74) is 2.39. The molecule has 0 bridgehead atoms. The molecule has 1 saturated heterocycles. The fraction of sp³-hybridized carbons (Fsp3) is 0.533. The van der Waals surface area contributed by atoms with Crippen molar-refractivity contribution in [3.05, 3.63) is 35.4 Å². The van der Waals surface area contributed by atoms with E-state index in [0.717, 1.165) is 38.2 Å². The van der Waals surface area contributed by atoms with Crippen molar-refractivity contribution < 1.29 is 4.79 Å². The van der Waals surface area contributed by atoms with E-state index in [1.165, 1.54) is 5.56 Å². The molecule has 0 aromatic heterocycles. The van der Waals surface area contributed by atoms with Crippen LogP contribution in [0.15, 0.2) is 24.3 Å². The number of benzene rings is 1. The average Bonchev–Trinajstić information content (AvgIpc) is 2.67. The summed E-state index contributed by atoms with van der Waals surface area (Å²) in [4.78, 5) is 14.1. The number of aryl methyl sites for hydroxylation is 1. The molecule has 1 amide bonds. The number of carbonyl (C=O) groups is 1. The molecule has 0 unspecified atom stereocenters. The Balaban J connectivity index is 0.00000200. The lowest BCUT2D eigenvalue weighted by molar-refractivity contribution is -0.122. The number of hydrogen-bond acceptors (Lipinski definition) is 3. The van der Waals surface area contributed by atoms with E-state index >= 15 is 0 Å². The highest BCUT2D eigenvalue weighted by Crippen LogP contribution is 2.02. The molecule has 1 aliphatic rings. The topological polar surface area (TPSA) is 44.4 Å². The van der Waals surface area contributed by atoms with Gasteiger partial charge in [-0.3, -0.25) is 9.69 Å². The molecular formula is C15H24ClN3O. The van der Waals surface area contributed by atoms with Crippen molar-refractivity contribution in [1.82, 2.24) is 15.5 Å². The maximum absolute atomic E-state index is 11.9. The second-order valence-electron chi connectivity index (χ2n) is 5.14. The monoisotopic (exact) mass is 297 g/mol. The highest BCUT2D eigenvalue weighted by molar-refractivity contribution is 5.85. The third-order valence-electron chi connectivity index (χ3n) is 3.41. The Morgan fingerprint density at radius 1 is 1.25 bits per heavy atom. The van der Waals surface area contributed by atoms with Crippen molar-refractivity contribution in [2.24, 2.45) is 0 Å². The van der Waals surface area contributed by atoms with Crippen LogP contribution < -0.4 is 10.6 Å². The Morgan fingerprint density at radius 3 is 2.75 bits per heavy atom. The van der Waals surface area contributed by atoms with Crippen LogP contribution in [0.3, 0.4) is 0 Å². The van der Waals surface area contributed by atoms with Gasteiger partial charge in [-0.1, -0.05) is 29.8 Å². The van der Waals surface area contributed by atoms with E-state index < -0.39 is 0 Å². The Bertz CT molecular complexity index is 400. The summed E-state index contributed by atoms with van der Waals surface area (Å²) in [5, 5.41) is 6.33. The molecule has 0 radical (unpaired) electrons. The average molecular weight is 298 g/mol. The molecule has 2 N–H and O–H groups in total. The number of halogens is 1. The largest absolute Gasteiger partial charge is 0.351 e. The molecule has 112 valence electrons. The summed E-state index contributed by atoms with van der Waals surface area (Å²) in [6.45, 7) is 7.18. The van der Waals surface area contributed by atoms with Crippen LogP contribution >= 0.6 is 12.4 Å². The van der Waals surface area contributed by atoms with E-state index in [2.05, 4.69) is 46.7 Å². The SMILES string of the molecule is Cc1ccc(CNC(=O)CN2CCCNCC2)cc1.Cl. The molecule has 0 atom stereocenters. The van der Waals surface area contributed by atoms with E-state index in [4.69, 9.17) is 0 Å². The minimum atomic E-state index is 0. The molecule has 1 aromatic rings. The van der Waals surface area contributed by atoms with E-state index in [0.29, 0.717) is 13.1 Å². The highest BCUT2D eigenvalue weighted by Gasteiger charge is 2.12. The van der Waals surface area contributed by atoms with Crippen molar-refractivity contribution in [3.8, 4) is 0 Å². The molecule has 1 aliphatic heterocycles. The van der Waals surface area contributed by atoms with Gasteiger partial charge in [0.1, 0.15) is 0 Å². The van der Waals surface area contributed by atoms with Crippen molar-refractivity contribution >= 4 is 18.3 Å². The van der Waals surface area contributed by atoms with Gasteiger partial charge < -0.3 is 10.6 Å². The van der Waals surface area contributed by atoms with Gasteiger partial charge >= 0.3 is 0 Å². The lowest BCUT2D eigenvalue weighted by Crippen LogP contribution is -2.38. The molecule has 0 aliphatic carbocycles. The summed E-state index contributed by atoms with van der Waals surface area (Å²) in [5.74, 6) is 0.113. The lowest BCUT2D eigenvalue weighted by atomic mass is 10.1. The number of amides is 1. The van der Waals surface area contributed by atoms with Gasteiger partial charge in [-0.25, -0.2) is 0 Å². The van der Waals surface area contributed by atoms with Crippen LogP contribution in [-0.2, 0) is 11.3 Å². The first-order chi connectivity index (χ1) is 9.24. The fourth-order valence-corrected chi connectivity index (χ4v) is 2.23. The van der Waals surface area contributed by atoms with Crippen LogP contribution in [0.4, 0.5) is 0 Å². The zero-order valence-corrected chi connectivity index (χ0v) is 12.8. The third-order valence-corrected chi connectivity index (χ3v) is 3.41. The van der Waals surface area contributed by atoms with Crippen molar-refractivity contribution in [3.63, 3.8) is 0 Å². The zero-order valence-electron chi connectivity index (χ0n) is 12.0. The molecule has 1 fully saturated rings. The molecule has 0 saturated carbocycles. The predicted molar refractivity (Wildman–Crippen MR) is 84.2 cm³/mol. The van der Waals surface area contributed by atoms with Crippen LogP contribution in [-0.4, -0.2) is 43.5 Å². The third kappa shape index (κ3) is 5.90. The second kappa shape index (κ2) is 8.95. The van der Waals surface area contributed by atoms with Gasteiger partial charge in [0.25, 0.3) is 0 Å². The summed E-state index contributed by atoms with van der Waals surface area (Å²) in [7, 11) is 0. The highest BCUT2D eigenvalue weighted by atomic mass is 35.5. The predicted octanol–water partition coefficient (Wildman–Crippen LogP) is 1.33. The minimum absolute atomic E-state index is 0. The van der Waals surface area contributed by atoms with Gasteiger partial charge in [-0.05, 0) is 32.0 Å². The van der Waals surface area contributed by atoms with Gasteiger partial charge in [0.05, 0.1) is 6.54 Å². The zero-order chi connectivity index (χ0) is 13.5. The van der Waals surface area contributed by atoms with Gasteiger partial charge in [-0.15, -0.1) is 12.4 Å². The molecule has 4 nitrogen and oxygen atoms in total. The Hall–Kier alpha value is -1.10. The summed E-state index contributed by atoms with van der Waals surface area (Å²) in [6, 6.07) is 8.26. The van der Waals surface area contributed by atoms with Gasteiger partial charge in [0, 0.05) is 19.6 Å².